The van der Waals surface area contributed by atoms with Crippen molar-refractivity contribution in [2.24, 2.45) is 0 Å². The van der Waals surface area contributed by atoms with E-state index in [1.165, 1.54) is 30.5 Å². The van der Waals surface area contributed by atoms with Crippen LogP contribution in [0.2, 0.25) is 0 Å². The molecule has 2 unspecified atom stereocenters. The van der Waals surface area contributed by atoms with Gasteiger partial charge in [-0.2, -0.15) is 13.2 Å². The first-order valence-corrected chi connectivity index (χ1v) is 8.99. The minimum atomic E-state index is -4.34. The highest BCUT2D eigenvalue weighted by molar-refractivity contribution is 5.57. The lowest BCUT2D eigenvalue weighted by Gasteiger charge is -2.28. The number of aromatic nitrogens is 1. The van der Waals surface area contributed by atoms with Crippen LogP contribution in [0.1, 0.15) is 35.3 Å². The van der Waals surface area contributed by atoms with Crippen molar-refractivity contribution in [3.63, 3.8) is 0 Å². The molecule has 2 aromatic carbocycles. The van der Waals surface area contributed by atoms with Gasteiger partial charge in [-0.05, 0) is 42.2 Å². The maximum Gasteiger partial charge on any atom is 0.416 e. The molecule has 1 saturated heterocycles. The SMILES string of the molecule is Fc1cccc(-c2coc(C3CNCC(c4ccc(C(F)(F)F)cc4)C3)n2)c1. The molecule has 1 aromatic heterocycles. The molecule has 0 spiro atoms. The van der Waals surface area contributed by atoms with E-state index >= 15 is 0 Å². The standard InChI is InChI=1S/C21H18F4N2O/c22-18-3-1-2-14(9-18)19-12-28-20(27-19)16-8-15(10-26-11-16)13-4-6-17(7-5-13)21(23,24)25/h1-7,9,12,15-16,26H,8,10-11H2. The van der Waals surface area contributed by atoms with Gasteiger partial charge < -0.3 is 9.73 Å². The Hall–Kier alpha value is -2.67. The van der Waals surface area contributed by atoms with Crippen LogP contribution in [0.4, 0.5) is 17.6 Å². The first kappa shape index (κ1) is 18.7. The molecule has 1 fully saturated rings. The number of benzene rings is 2. The van der Waals surface area contributed by atoms with Crippen molar-refractivity contribution < 1.29 is 22.0 Å². The summed E-state index contributed by atoms with van der Waals surface area (Å²) in [6.07, 6.45) is -2.12. The van der Waals surface area contributed by atoms with Crippen LogP contribution < -0.4 is 5.32 Å². The minimum Gasteiger partial charge on any atom is -0.448 e. The van der Waals surface area contributed by atoms with Gasteiger partial charge >= 0.3 is 6.18 Å². The maximum atomic E-state index is 13.4. The van der Waals surface area contributed by atoms with Crippen molar-refractivity contribution in [2.75, 3.05) is 13.1 Å². The largest absolute Gasteiger partial charge is 0.448 e. The molecule has 0 amide bonds. The lowest BCUT2D eigenvalue weighted by atomic mass is 9.85. The molecule has 146 valence electrons. The Morgan fingerprint density at radius 1 is 1.00 bits per heavy atom. The third kappa shape index (κ3) is 3.94. The minimum absolute atomic E-state index is 0.0108. The molecule has 0 radical (unpaired) electrons. The molecule has 3 nitrogen and oxygen atoms in total. The number of alkyl halides is 3. The highest BCUT2D eigenvalue weighted by Gasteiger charge is 2.31. The third-order valence-electron chi connectivity index (χ3n) is 5.05. The lowest BCUT2D eigenvalue weighted by Crippen LogP contribution is -2.34. The number of oxazole rings is 1. The summed E-state index contributed by atoms with van der Waals surface area (Å²) in [6, 6.07) is 11.4. The van der Waals surface area contributed by atoms with E-state index in [9.17, 15) is 17.6 Å². The fourth-order valence-electron chi connectivity index (χ4n) is 3.58. The van der Waals surface area contributed by atoms with E-state index in [1.54, 1.807) is 12.1 Å². The van der Waals surface area contributed by atoms with Crippen LogP contribution in [0.15, 0.2) is 59.2 Å². The second-order valence-electron chi connectivity index (χ2n) is 6.99. The Balaban J connectivity index is 1.50. The van der Waals surface area contributed by atoms with Crippen LogP contribution in [0.5, 0.6) is 0 Å². The zero-order chi connectivity index (χ0) is 19.7. The fraction of sp³-hybridized carbons (Fsp3) is 0.286. The average Bonchev–Trinajstić information content (AvgIpc) is 3.18. The van der Waals surface area contributed by atoms with Crippen LogP contribution in [0, 0.1) is 5.82 Å². The number of piperidine rings is 1. The molecule has 1 aliphatic heterocycles. The first-order valence-electron chi connectivity index (χ1n) is 8.99. The summed E-state index contributed by atoms with van der Waals surface area (Å²) in [7, 11) is 0. The molecule has 1 aliphatic rings. The zero-order valence-electron chi connectivity index (χ0n) is 14.8. The molecule has 0 saturated carbocycles. The van der Waals surface area contributed by atoms with Gasteiger partial charge in [-0.15, -0.1) is 0 Å². The van der Waals surface area contributed by atoms with Crippen LogP contribution in [0.25, 0.3) is 11.3 Å². The molecule has 7 heteroatoms. The van der Waals surface area contributed by atoms with E-state index in [4.69, 9.17) is 4.42 Å². The van der Waals surface area contributed by atoms with Crippen molar-refractivity contribution in [3.8, 4) is 11.3 Å². The van der Waals surface area contributed by atoms with Gasteiger partial charge in [0.15, 0.2) is 5.89 Å². The molecule has 3 aromatic rings. The summed E-state index contributed by atoms with van der Waals surface area (Å²) >= 11 is 0. The van der Waals surface area contributed by atoms with E-state index in [1.807, 2.05) is 0 Å². The number of nitrogens with zero attached hydrogens (tertiary/aromatic N) is 1. The Bertz CT molecular complexity index is 950. The number of halogens is 4. The molecule has 0 aliphatic carbocycles. The maximum absolute atomic E-state index is 13.4. The average molecular weight is 390 g/mol. The topological polar surface area (TPSA) is 38.1 Å². The van der Waals surface area contributed by atoms with Gasteiger partial charge in [0, 0.05) is 24.6 Å². The lowest BCUT2D eigenvalue weighted by molar-refractivity contribution is -0.137. The van der Waals surface area contributed by atoms with Crippen molar-refractivity contribution >= 4 is 0 Å². The molecular weight excluding hydrogens is 372 g/mol. The van der Waals surface area contributed by atoms with Crippen molar-refractivity contribution in [3.05, 3.63) is 77.6 Å². The molecule has 0 bridgehead atoms. The van der Waals surface area contributed by atoms with E-state index in [0.717, 1.165) is 17.7 Å². The van der Waals surface area contributed by atoms with Crippen molar-refractivity contribution in [1.82, 2.24) is 10.3 Å². The molecule has 28 heavy (non-hydrogen) atoms. The summed E-state index contributed by atoms with van der Waals surface area (Å²) in [6.45, 7) is 1.35. The Kier molecular flexibility index (Phi) is 4.93. The van der Waals surface area contributed by atoms with Crippen LogP contribution in [-0.4, -0.2) is 18.1 Å². The van der Waals surface area contributed by atoms with E-state index in [-0.39, 0.29) is 17.7 Å². The van der Waals surface area contributed by atoms with E-state index in [2.05, 4.69) is 10.3 Å². The monoisotopic (exact) mass is 390 g/mol. The Labute approximate surface area is 159 Å². The van der Waals surface area contributed by atoms with Crippen molar-refractivity contribution in [2.45, 2.75) is 24.4 Å². The first-order chi connectivity index (χ1) is 13.4. The zero-order valence-corrected chi connectivity index (χ0v) is 14.8. The summed E-state index contributed by atoms with van der Waals surface area (Å²) in [4.78, 5) is 4.50. The number of nitrogens with one attached hydrogen (secondary N) is 1. The predicted octanol–water partition coefficient (Wildman–Crippen LogP) is 5.36. The van der Waals surface area contributed by atoms with Gasteiger partial charge in [0.05, 0.1) is 5.56 Å². The smallest absolute Gasteiger partial charge is 0.416 e. The summed E-state index contributed by atoms with van der Waals surface area (Å²) < 4.78 is 57.3. The Morgan fingerprint density at radius 3 is 2.46 bits per heavy atom. The molecule has 1 N–H and O–H groups in total. The number of hydrogen-bond donors (Lipinski definition) is 1. The highest BCUT2D eigenvalue weighted by atomic mass is 19.4. The Morgan fingerprint density at radius 2 is 1.75 bits per heavy atom. The number of hydrogen-bond acceptors (Lipinski definition) is 3. The quantitative estimate of drug-likeness (QED) is 0.612. The fourth-order valence-corrected chi connectivity index (χ4v) is 3.58. The predicted molar refractivity (Wildman–Crippen MR) is 96.3 cm³/mol. The normalized spacial score (nSPS) is 20.3. The molecular formula is C21H18F4N2O. The van der Waals surface area contributed by atoms with E-state index in [0.29, 0.717) is 36.7 Å². The van der Waals surface area contributed by atoms with Crippen LogP contribution >= 0.6 is 0 Å². The van der Waals surface area contributed by atoms with Crippen molar-refractivity contribution in [1.29, 1.82) is 0 Å². The summed E-state index contributed by atoms with van der Waals surface area (Å²) in [5.74, 6) is 0.251. The van der Waals surface area contributed by atoms with Gasteiger partial charge in [-0.3, -0.25) is 0 Å². The van der Waals surface area contributed by atoms with Gasteiger partial charge in [-0.25, -0.2) is 9.37 Å². The van der Waals surface area contributed by atoms with E-state index < -0.39 is 11.7 Å². The van der Waals surface area contributed by atoms with Crippen LogP contribution in [0.3, 0.4) is 0 Å². The van der Waals surface area contributed by atoms with Gasteiger partial charge in [-0.1, -0.05) is 24.3 Å². The second-order valence-corrected chi connectivity index (χ2v) is 6.99. The molecule has 2 heterocycles. The van der Waals surface area contributed by atoms with Gasteiger partial charge in [0.2, 0.25) is 0 Å². The third-order valence-corrected chi connectivity index (χ3v) is 5.05. The van der Waals surface area contributed by atoms with Crippen LogP contribution in [-0.2, 0) is 6.18 Å². The molecule has 2 atom stereocenters. The van der Waals surface area contributed by atoms with Gasteiger partial charge in [0.25, 0.3) is 0 Å². The second kappa shape index (κ2) is 7.39. The molecule has 4 rings (SSSR count). The van der Waals surface area contributed by atoms with Gasteiger partial charge in [0.1, 0.15) is 17.8 Å². The number of rotatable bonds is 3. The summed E-state index contributed by atoms with van der Waals surface area (Å²) in [5, 5.41) is 3.30. The summed E-state index contributed by atoms with van der Waals surface area (Å²) in [5.41, 5.74) is 1.40. The highest BCUT2D eigenvalue weighted by Crippen LogP contribution is 2.35.